The summed E-state index contributed by atoms with van der Waals surface area (Å²) >= 11 is 0. The van der Waals surface area contributed by atoms with Gasteiger partial charge in [-0.1, -0.05) is 26.2 Å². The van der Waals surface area contributed by atoms with E-state index in [1.807, 2.05) is 6.92 Å². The van der Waals surface area contributed by atoms with Gasteiger partial charge in [-0.25, -0.2) is 0 Å². The van der Waals surface area contributed by atoms with Crippen molar-refractivity contribution in [2.75, 3.05) is 19.7 Å². The van der Waals surface area contributed by atoms with E-state index in [0.717, 1.165) is 32.4 Å². The van der Waals surface area contributed by atoms with Crippen LogP contribution in [0.15, 0.2) is 0 Å². The number of carbonyl (C=O) groups excluding carboxylic acids is 2. The number of rotatable bonds is 5. The molecule has 0 aromatic rings. The quantitative estimate of drug-likeness (QED) is 0.785. The average molecular weight is 296 g/mol. The Kier molecular flexibility index (Phi) is 6.03. The van der Waals surface area contributed by atoms with Gasteiger partial charge in [-0.05, 0) is 25.8 Å². The number of amides is 1. The highest BCUT2D eigenvalue weighted by Gasteiger charge is 2.35. The van der Waals surface area contributed by atoms with Crippen LogP contribution in [0.2, 0.25) is 0 Å². The molecule has 2 fully saturated rings. The molecule has 0 spiro atoms. The van der Waals surface area contributed by atoms with Gasteiger partial charge in [0.25, 0.3) is 0 Å². The van der Waals surface area contributed by atoms with Crippen LogP contribution in [-0.2, 0) is 14.3 Å². The molecule has 120 valence electrons. The number of hydrogen-bond acceptors (Lipinski definition) is 4. The van der Waals surface area contributed by atoms with Crippen molar-refractivity contribution in [3.05, 3.63) is 0 Å². The molecule has 1 aliphatic carbocycles. The molecule has 21 heavy (non-hydrogen) atoms. The van der Waals surface area contributed by atoms with E-state index in [1.54, 1.807) is 0 Å². The Labute approximate surface area is 127 Å². The summed E-state index contributed by atoms with van der Waals surface area (Å²) in [6.45, 7) is 5.32. The molecule has 0 bridgehead atoms. The Hall–Kier alpha value is -1.10. The van der Waals surface area contributed by atoms with Crippen molar-refractivity contribution in [3.63, 3.8) is 0 Å². The highest BCUT2D eigenvalue weighted by molar-refractivity contribution is 5.79. The fraction of sp³-hybridized carbons (Fsp3) is 0.875. The highest BCUT2D eigenvalue weighted by Crippen LogP contribution is 2.27. The van der Waals surface area contributed by atoms with Gasteiger partial charge in [0.1, 0.15) is 6.61 Å². The average Bonchev–Trinajstić information content (AvgIpc) is 3.00. The molecule has 0 unspecified atom stereocenters. The second-order valence-corrected chi connectivity index (χ2v) is 6.39. The maximum atomic E-state index is 12.8. The summed E-state index contributed by atoms with van der Waals surface area (Å²) in [4.78, 5) is 25.9. The Morgan fingerprint density at radius 3 is 2.48 bits per heavy atom. The zero-order valence-corrected chi connectivity index (χ0v) is 13.3. The molecule has 1 amide bonds. The van der Waals surface area contributed by atoms with Gasteiger partial charge in [-0.15, -0.1) is 0 Å². The minimum Gasteiger partial charge on any atom is -0.465 e. The topological polar surface area (TPSA) is 58.6 Å². The standard InChI is InChI=1S/C16H28N2O3/c1-12(11-21-13(2)19)16(20)18(15-8-9-17-10-15)14-6-4-3-5-7-14/h12,14-15,17H,3-11H2,1-2H3/t12-,15+/m1/s1. The first-order valence-electron chi connectivity index (χ1n) is 8.26. The molecular formula is C16H28N2O3. The Bertz CT molecular complexity index is 361. The summed E-state index contributed by atoms with van der Waals surface area (Å²) < 4.78 is 5.02. The van der Waals surface area contributed by atoms with E-state index in [0.29, 0.717) is 12.1 Å². The van der Waals surface area contributed by atoms with E-state index in [2.05, 4.69) is 10.2 Å². The van der Waals surface area contributed by atoms with Crippen molar-refractivity contribution in [3.8, 4) is 0 Å². The van der Waals surface area contributed by atoms with Crippen LogP contribution >= 0.6 is 0 Å². The molecule has 2 rings (SSSR count). The monoisotopic (exact) mass is 296 g/mol. The van der Waals surface area contributed by atoms with Crippen LogP contribution in [-0.4, -0.2) is 48.6 Å². The SMILES string of the molecule is CC(=O)OC[C@@H](C)C(=O)N(C1CCCCC1)[C@H]1CCNC1. The van der Waals surface area contributed by atoms with Gasteiger partial charge in [0.2, 0.25) is 5.91 Å². The highest BCUT2D eigenvalue weighted by atomic mass is 16.5. The lowest BCUT2D eigenvalue weighted by atomic mass is 9.92. The normalized spacial score (nSPS) is 24.6. The number of esters is 1. The Balaban J connectivity index is 2.02. The second-order valence-electron chi connectivity index (χ2n) is 6.39. The summed E-state index contributed by atoms with van der Waals surface area (Å²) in [6.07, 6.45) is 6.97. The second kappa shape index (κ2) is 7.78. The number of nitrogens with zero attached hydrogens (tertiary/aromatic N) is 1. The fourth-order valence-corrected chi connectivity index (χ4v) is 3.46. The summed E-state index contributed by atoms with van der Waals surface area (Å²) in [5.41, 5.74) is 0. The molecule has 5 heteroatoms. The summed E-state index contributed by atoms with van der Waals surface area (Å²) in [6, 6.07) is 0.677. The molecule has 1 heterocycles. The van der Waals surface area contributed by atoms with Gasteiger partial charge in [0, 0.05) is 25.6 Å². The lowest BCUT2D eigenvalue weighted by Crippen LogP contribution is -2.51. The lowest BCUT2D eigenvalue weighted by Gasteiger charge is -2.39. The molecule has 5 nitrogen and oxygen atoms in total. The molecular weight excluding hydrogens is 268 g/mol. The fourth-order valence-electron chi connectivity index (χ4n) is 3.46. The van der Waals surface area contributed by atoms with E-state index in [9.17, 15) is 9.59 Å². The van der Waals surface area contributed by atoms with Crippen molar-refractivity contribution in [1.29, 1.82) is 0 Å². The van der Waals surface area contributed by atoms with Crippen molar-refractivity contribution in [2.24, 2.45) is 5.92 Å². The summed E-state index contributed by atoms with van der Waals surface area (Å²) in [5, 5.41) is 3.36. The minimum absolute atomic E-state index is 0.150. The molecule has 2 aliphatic rings. The predicted octanol–water partition coefficient (Wildman–Crippen LogP) is 1.71. The third kappa shape index (κ3) is 4.43. The van der Waals surface area contributed by atoms with E-state index >= 15 is 0 Å². The third-order valence-corrected chi connectivity index (χ3v) is 4.61. The molecule has 2 atom stereocenters. The molecule has 1 N–H and O–H groups in total. The van der Waals surface area contributed by atoms with Crippen LogP contribution < -0.4 is 5.32 Å². The molecule has 1 saturated carbocycles. The zero-order valence-electron chi connectivity index (χ0n) is 13.3. The van der Waals surface area contributed by atoms with E-state index in [-0.39, 0.29) is 24.4 Å². The molecule has 0 radical (unpaired) electrons. The van der Waals surface area contributed by atoms with E-state index in [4.69, 9.17) is 4.74 Å². The van der Waals surface area contributed by atoms with Gasteiger partial charge in [0.05, 0.1) is 5.92 Å². The zero-order chi connectivity index (χ0) is 15.2. The van der Waals surface area contributed by atoms with Crippen molar-refractivity contribution >= 4 is 11.9 Å². The first-order valence-corrected chi connectivity index (χ1v) is 8.26. The Morgan fingerprint density at radius 2 is 1.90 bits per heavy atom. The van der Waals surface area contributed by atoms with Crippen LogP contribution in [0.4, 0.5) is 0 Å². The van der Waals surface area contributed by atoms with Gasteiger partial charge in [-0.2, -0.15) is 0 Å². The number of ether oxygens (including phenoxy) is 1. The smallest absolute Gasteiger partial charge is 0.302 e. The first-order chi connectivity index (χ1) is 10.1. The molecule has 1 aliphatic heterocycles. The maximum Gasteiger partial charge on any atom is 0.302 e. The van der Waals surface area contributed by atoms with Gasteiger partial charge in [0.15, 0.2) is 0 Å². The Morgan fingerprint density at radius 1 is 1.19 bits per heavy atom. The summed E-state index contributed by atoms with van der Waals surface area (Å²) in [5.74, 6) is -0.422. The van der Waals surface area contributed by atoms with E-state index in [1.165, 1.54) is 26.2 Å². The van der Waals surface area contributed by atoms with Crippen LogP contribution in [0, 0.1) is 5.92 Å². The molecule has 1 saturated heterocycles. The van der Waals surface area contributed by atoms with Crippen molar-refractivity contribution in [2.45, 2.75) is 64.5 Å². The van der Waals surface area contributed by atoms with Crippen LogP contribution in [0.5, 0.6) is 0 Å². The summed E-state index contributed by atoms with van der Waals surface area (Å²) in [7, 11) is 0. The van der Waals surface area contributed by atoms with Gasteiger partial charge in [-0.3, -0.25) is 9.59 Å². The van der Waals surface area contributed by atoms with E-state index < -0.39 is 0 Å². The number of carbonyl (C=O) groups is 2. The molecule has 0 aromatic heterocycles. The predicted molar refractivity (Wildman–Crippen MR) is 80.8 cm³/mol. The van der Waals surface area contributed by atoms with Crippen molar-refractivity contribution in [1.82, 2.24) is 10.2 Å². The van der Waals surface area contributed by atoms with Crippen molar-refractivity contribution < 1.29 is 14.3 Å². The molecule has 0 aromatic carbocycles. The number of hydrogen-bond donors (Lipinski definition) is 1. The van der Waals surface area contributed by atoms with Gasteiger partial charge >= 0.3 is 5.97 Å². The minimum atomic E-state index is -0.318. The van der Waals surface area contributed by atoms with Crippen LogP contribution in [0.3, 0.4) is 0 Å². The largest absolute Gasteiger partial charge is 0.465 e. The lowest BCUT2D eigenvalue weighted by molar-refractivity contribution is -0.148. The number of nitrogens with one attached hydrogen (secondary N) is 1. The van der Waals surface area contributed by atoms with Gasteiger partial charge < -0.3 is 15.0 Å². The third-order valence-electron chi connectivity index (χ3n) is 4.61. The maximum absolute atomic E-state index is 12.8. The first kappa shape index (κ1) is 16.3. The van der Waals surface area contributed by atoms with Crippen LogP contribution in [0.1, 0.15) is 52.4 Å². The van der Waals surface area contributed by atoms with Crippen LogP contribution in [0.25, 0.3) is 0 Å².